The van der Waals surface area contributed by atoms with Gasteiger partial charge in [-0.1, -0.05) is 50.6 Å². The molecule has 0 aromatic heterocycles. The molecule has 0 radical (unpaired) electrons. The predicted molar refractivity (Wildman–Crippen MR) is 62.3 cm³/mol. The molecule has 0 spiro atoms. The second kappa shape index (κ2) is 4.61. The van der Waals surface area contributed by atoms with E-state index in [-0.39, 0.29) is 0 Å². The highest BCUT2D eigenvalue weighted by molar-refractivity contribution is 5.21. The lowest BCUT2D eigenvalue weighted by Gasteiger charge is -2.18. The minimum absolute atomic E-state index is 0.365. The van der Waals surface area contributed by atoms with Gasteiger partial charge in [0.05, 0.1) is 0 Å². The number of rotatable bonds is 3. The van der Waals surface area contributed by atoms with Crippen LogP contribution in [0.3, 0.4) is 0 Å². The third kappa shape index (κ3) is 4.43. The molecule has 1 N–H and O–H groups in total. The van der Waals surface area contributed by atoms with Gasteiger partial charge in [0, 0.05) is 13.1 Å². The Balaban J connectivity index is 2.39. The molecular formula is C13H21N. The Bertz CT molecular complexity index is 284. The molecule has 0 unspecified atom stereocenters. The standard InChI is InChI=1S/C13H21N/c1-11-6-5-7-12(8-11)9-14-10-13(2,3)4/h5-8,14H,9-10H2,1-4H3. The van der Waals surface area contributed by atoms with Crippen molar-refractivity contribution in [2.24, 2.45) is 5.41 Å². The zero-order chi connectivity index (χ0) is 10.6. The maximum atomic E-state index is 3.47. The van der Waals surface area contributed by atoms with Gasteiger partial charge in [0.2, 0.25) is 0 Å². The quantitative estimate of drug-likeness (QED) is 0.774. The number of nitrogens with one attached hydrogen (secondary N) is 1. The van der Waals surface area contributed by atoms with Crippen molar-refractivity contribution in [2.45, 2.75) is 34.2 Å². The Hall–Kier alpha value is -0.820. The van der Waals surface area contributed by atoms with Crippen LogP contribution in [0.15, 0.2) is 24.3 Å². The van der Waals surface area contributed by atoms with Gasteiger partial charge in [0.25, 0.3) is 0 Å². The van der Waals surface area contributed by atoms with Crippen molar-refractivity contribution in [2.75, 3.05) is 6.54 Å². The fraction of sp³-hybridized carbons (Fsp3) is 0.538. The fourth-order valence-corrected chi connectivity index (χ4v) is 1.40. The number of aryl methyl sites for hydroxylation is 1. The first-order valence-electron chi connectivity index (χ1n) is 5.24. The summed E-state index contributed by atoms with van der Waals surface area (Å²) in [7, 11) is 0. The Kier molecular flexibility index (Phi) is 3.70. The van der Waals surface area contributed by atoms with E-state index in [1.807, 2.05) is 0 Å². The average molecular weight is 191 g/mol. The molecule has 1 heteroatoms. The average Bonchev–Trinajstić information content (AvgIpc) is 2.01. The lowest BCUT2D eigenvalue weighted by atomic mass is 9.97. The third-order valence-corrected chi connectivity index (χ3v) is 2.07. The van der Waals surface area contributed by atoms with E-state index in [0.29, 0.717) is 5.41 Å². The highest BCUT2D eigenvalue weighted by Crippen LogP contribution is 2.11. The molecule has 1 aromatic carbocycles. The Morgan fingerprint density at radius 3 is 2.50 bits per heavy atom. The monoisotopic (exact) mass is 191 g/mol. The van der Waals surface area contributed by atoms with Crippen LogP contribution in [0.25, 0.3) is 0 Å². The van der Waals surface area contributed by atoms with Gasteiger partial charge in [-0.05, 0) is 17.9 Å². The maximum absolute atomic E-state index is 3.47. The van der Waals surface area contributed by atoms with Crippen LogP contribution in [-0.2, 0) is 6.54 Å². The van der Waals surface area contributed by atoms with E-state index in [9.17, 15) is 0 Å². The van der Waals surface area contributed by atoms with E-state index in [4.69, 9.17) is 0 Å². The minimum atomic E-state index is 0.365. The second-order valence-electron chi connectivity index (χ2n) is 5.15. The fourth-order valence-electron chi connectivity index (χ4n) is 1.40. The summed E-state index contributed by atoms with van der Waals surface area (Å²) >= 11 is 0. The van der Waals surface area contributed by atoms with Gasteiger partial charge in [0.1, 0.15) is 0 Å². The summed E-state index contributed by atoms with van der Waals surface area (Å²) in [5, 5.41) is 3.47. The van der Waals surface area contributed by atoms with Gasteiger partial charge in [0.15, 0.2) is 0 Å². The van der Waals surface area contributed by atoms with Crippen molar-refractivity contribution >= 4 is 0 Å². The largest absolute Gasteiger partial charge is 0.312 e. The molecule has 1 nitrogen and oxygen atoms in total. The summed E-state index contributed by atoms with van der Waals surface area (Å²) in [5.74, 6) is 0. The lowest BCUT2D eigenvalue weighted by Crippen LogP contribution is -2.26. The summed E-state index contributed by atoms with van der Waals surface area (Å²) in [6, 6.07) is 8.65. The highest BCUT2D eigenvalue weighted by atomic mass is 14.9. The van der Waals surface area contributed by atoms with Crippen molar-refractivity contribution in [3.8, 4) is 0 Å². The first kappa shape index (κ1) is 11.3. The topological polar surface area (TPSA) is 12.0 Å². The smallest absolute Gasteiger partial charge is 0.0205 e. The molecular weight excluding hydrogens is 170 g/mol. The Morgan fingerprint density at radius 2 is 1.93 bits per heavy atom. The number of benzene rings is 1. The summed E-state index contributed by atoms with van der Waals surface area (Å²) < 4.78 is 0. The maximum Gasteiger partial charge on any atom is 0.0205 e. The molecule has 1 aromatic rings. The zero-order valence-electron chi connectivity index (χ0n) is 9.72. The van der Waals surface area contributed by atoms with Crippen LogP contribution in [0.2, 0.25) is 0 Å². The van der Waals surface area contributed by atoms with E-state index in [1.165, 1.54) is 11.1 Å². The molecule has 0 aliphatic rings. The Morgan fingerprint density at radius 1 is 1.21 bits per heavy atom. The van der Waals surface area contributed by atoms with Gasteiger partial charge in [-0.3, -0.25) is 0 Å². The molecule has 0 saturated heterocycles. The summed E-state index contributed by atoms with van der Waals surface area (Å²) in [6.45, 7) is 10.9. The van der Waals surface area contributed by atoms with Crippen molar-refractivity contribution in [3.05, 3.63) is 35.4 Å². The molecule has 0 bridgehead atoms. The van der Waals surface area contributed by atoms with E-state index in [1.54, 1.807) is 0 Å². The van der Waals surface area contributed by atoms with Gasteiger partial charge < -0.3 is 5.32 Å². The van der Waals surface area contributed by atoms with Crippen LogP contribution in [0.5, 0.6) is 0 Å². The van der Waals surface area contributed by atoms with Crippen LogP contribution in [0, 0.1) is 12.3 Å². The van der Waals surface area contributed by atoms with Gasteiger partial charge in [-0.25, -0.2) is 0 Å². The van der Waals surface area contributed by atoms with Crippen molar-refractivity contribution < 1.29 is 0 Å². The minimum Gasteiger partial charge on any atom is -0.312 e. The molecule has 0 amide bonds. The van der Waals surface area contributed by atoms with Gasteiger partial charge in [-0.15, -0.1) is 0 Å². The van der Waals surface area contributed by atoms with Crippen LogP contribution in [0.1, 0.15) is 31.9 Å². The second-order valence-corrected chi connectivity index (χ2v) is 5.15. The molecule has 0 atom stereocenters. The molecule has 1 rings (SSSR count). The van der Waals surface area contributed by atoms with Crippen LogP contribution < -0.4 is 5.32 Å². The van der Waals surface area contributed by atoms with Crippen molar-refractivity contribution in [1.82, 2.24) is 5.32 Å². The summed E-state index contributed by atoms with van der Waals surface area (Å²) in [6.07, 6.45) is 0. The third-order valence-electron chi connectivity index (χ3n) is 2.07. The van der Waals surface area contributed by atoms with E-state index < -0.39 is 0 Å². The van der Waals surface area contributed by atoms with Crippen molar-refractivity contribution in [1.29, 1.82) is 0 Å². The predicted octanol–water partition coefficient (Wildman–Crippen LogP) is 3.13. The van der Waals surface area contributed by atoms with E-state index in [0.717, 1.165) is 13.1 Å². The zero-order valence-corrected chi connectivity index (χ0v) is 9.72. The number of hydrogen-bond acceptors (Lipinski definition) is 1. The van der Waals surface area contributed by atoms with E-state index >= 15 is 0 Å². The van der Waals surface area contributed by atoms with Gasteiger partial charge in [-0.2, -0.15) is 0 Å². The molecule has 0 saturated carbocycles. The summed E-state index contributed by atoms with van der Waals surface area (Å²) in [5.41, 5.74) is 3.07. The van der Waals surface area contributed by atoms with Gasteiger partial charge >= 0.3 is 0 Å². The first-order chi connectivity index (χ1) is 6.47. The Labute approximate surface area is 87.5 Å². The molecule has 0 aliphatic heterocycles. The molecule has 14 heavy (non-hydrogen) atoms. The molecule has 78 valence electrons. The normalized spacial score (nSPS) is 11.7. The highest BCUT2D eigenvalue weighted by Gasteiger charge is 2.08. The lowest BCUT2D eigenvalue weighted by molar-refractivity contribution is 0.379. The summed E-state index contributed by atoms with van der Waals surface area (Å²) in [4.78, 5) is 0. The first-order valence-corrected chi connectivity index (χ1v) is 5.24. The SMILES string of the molecule is Cc1cccc(CNCC(C)(C)C)c1. The van der Waals surface area contributed by atoms with Crippen LogP contribution in [0.4, 0.5) is 0 Å². The molecule has 0 aliphatic carbocycles. The number of hydrogen-bond donors (Lipinski definition) is 1. The van der Waals surface area contributed by atoms with E-state index in [2.05, 4.69) is 57.3 Å². The van der Waals surface area contributed by atoms with Crippen LogP contribution in [-0.4, -0.2) is 6.54 Å². The molecule has 0 heterocycles. The molecule has 0 fully saturated rings. The van der Waals surface area contributed by atoms with Crippen LogP contribution >= 0.6 is 0 Å². The van der Waals surface area contributed by atoms with Crippen molar-refractivity contribution in [3.63, 3.8) is 0 Å².